The van der Waals surface area contributed by atoms with Crippen LogP contribution in [0.4, 0.5) is 0 Å². The second-order valence-electron chi connectivity index (χ2n) is 23.0. The van der Waals surface area contributed by atoms with Crippen LogP contribution in [0.5, 0.6) is 11.5 Å². The van der Waals surface area contributed by atoms with Gasteiger partial charge < -0.3 is 59.6 Å². The van der Waals surface area contributed by atoms with Crippen LogP contribution in [0.1, 0.15) is 119 Å². The molecule has 0 aromatic heterocycles. The Bertz CT molecular complexity index is 2680. The van der Waals surface area contributed by atoms with E-state index in [1.54, 1.807) is 63.6 Å². The second-order valence-corrected chi connectivity index (χ2v) is 23.0. The molecule has 1 aromatic rings. The van der Waals surface area contributed by atoms with Gasteiger partial charge in [0.2, 0.25) is 17.6 Å². The summed E-state index contributed by atoms with van der Waals surface area (Å²) in [6, 6.07) is 0.140. The molecule has 3 fully saturated rings. The number of Topliss-reactive ketones (excluding diaryl/α,β-unsaturated/α-hetero) is 2. The number of likely N-dealkylation sites (N-methyl/N-ethyl adjacent to an activating group) is 1. The lowest BCUT2D eigenvalue weighted by Crippen LogP contribution is -2.55. The van der Waals surface area contributed by atoms with Gasteiger partial charge in [-0.25, -0.2) is 0 Å². The molecule has 7 heterocycles. The number of allylic oxidation sites excluding steroid dienone is 4. The predicted octanol–water partition coefficient (Wildman–Crippen LogP) is 3.75. The predicted molar refractivity (Wildman–Crippen MR) is 285 cm³/mol. The van der Waals surface area contributed by atoms with E-state index in [0.717, 1.165) is 13.1 Å². The Morgan fingerprint density at radius 1 is 0.896 bits per heavy atom. The Morgan fingerprint density at radius 3 is 2.23 bits per heavy atom. The van der Waals surface area contributed by atoms with Gasteiger partial charge in [-0.1, -0.05) is 59.8 Å². The van der Waals surface area contributed by atoms with E-state index in [0.29, 0.717) is 70.9 Å². The first kappa shape index (κ1) is 57.3. The van der Waals surface area contributed by atoms with E-state index in [4.69, 9.17) is 23.9 Å². The lowest BCUT2D eigenvalue weighted by atomic mass is 9.78. The van der Waals surface area contributed by atoms with Crippen molar-refractivity contribution < 1.29 is 63.0 Å². The van der Waals surface area contributed by atoms with Gasteiger partial charge in [0, 0.05) is 126 Å². The smallest absolute Gasteiger partial charge is 0.315 e. The van der Waals surface area contributed by atoms with Gasteiger partial charge in [-0.2, -0.15) is 0 Å². The summed E-state index contributed by atoms with van der Waals surface area (Å²) in [4.78, 5) is 97.0. The van der Waals surface area contributed by atoms with Gasteiger partial charge in [0.25, 0.3) is 11.7 Å². The number of likely N-dealkylation sites (tertiary alicyclic amines) is 2. The lowest BCUT2D eigenvalue weighted by molar-refractivity contribution is -0.165. The third kappa shape index (κ3) is 11.4. The minimum Gasteiger partial charge on any atom is -0.507 e. The molecule has 5 bridgehead atoms. The number of piperidine rings is 2. The molecular formula is C57H79N7O13. The zero-order chi connectivity index (χ0) is 56.0. The number of aliphatic imine (C=N–C) groups is 1. The molecular weight excluding hydrogens is 991 g/mol. The molecule has 1 spiro atoms. The molecule has 3 amide bonds. The molecule has 5 N–H and O–H groups in total. The molecule has 20 nitrogen and oxygen atoms in total. The van der Waals surface area contributed by atoms with Gasteiger partial charge in [0.15, 0.2) is 0 Å². The van der Waals surface area contributed by atoms with Gasteiger partial charge in [-0.3, -0.25) is 38.7 Å². The van der Waals surface area contributed by atoms with Crippen molar-refractivity contribution >= 4 is 41.0 Å². The van der Waals surface area contributed by atoms with Gasteiger partial charge >= 0.3 is 11.8 Å². The number of aromatic hydroxyl groups is 1. The van der Waals surface area contributed by atoms with Crippen LogP contribution in [-0.4, -0.2) is 184 Å². The average molecular weight is 1070 g/mol. The van der Waals surface area contributed by atoms with E-state index in [-0.39, 0.29) is 62.6 Å². The number of hydrogen-bond acceptors (Lipinski definition) is 17. The van der Waals surface area contributed by atoms with Gasteiger partial charge in [-0.15, -0.1) is 0 Å². The maximum absolute atomic E-state index is 15.0. The van der Waals surface area contributed by atoms with Crippen LogP contribution in [0.25, 0.3) is 0 Å². The summed E-state index contributed by atoms with van der Waals surface area (Å²) < 4.78 is 24.7. The Labute approximate surface area is 451 Å². The minimum absolute atomic E-state index is 0.00398. The standard InChI is InChI=1S/C57H79N7O13/c1-30(2)28-62-22-18-57(19-23-62)59-45-42-43-50(70)36(8)53-44(42)54(72)56(9,77-53)75-26-17-38(74-11)33(5)52(76-41(67)27-39(65)63-20-15-37(16-21-63)64-25-24-61(10)40(66)29-64)35(7)49(69)34(6)48(68)31(3)13-12-14-32(4)55(73)58-47(51(43)71)46(45)60-57/h12-14,17,26,30-31,33-35,37-38,48-49,52,60,68-70H,15-16,18-25,27-29H2,1-11H3,(H,58,73)/b13-12+,26-17+,32-14-/t31-,33+,34+,35+,38-,48-,49+,52+,56-/m0/s1. The number of benzene rings is 1. The van der Waals surface area contributed by atoms with Crippen molar-refractivity contribution in [3.63, 3.8) is 0 Å². The van der Waals surface area contributed by atoms with E-state index in [2.05, 4.69) is 34.3 Å². The molecule has 0 radical (unpaired) electrons. The molecule has 0 unspecified atom stereocenters. The van der Waals surface area contributed by atoms with Crippen LogP contribution in [-0.2, 0) is 33.4 Å². The summed E-state index contributed by atoms with van der Waals surface area (Å²) >= 11 is 0. The number of carbonyl (C=O) groups is 6. The largest absolute Gasteiger partial charge is 0.507 e. The molecule has 420 valence electrons. The number of esters is 1. The van der Waals surface area contributed by atoms with Crippen LogP contribution in [0.3, 0.4) is 0 Å². The molecule has 7 aliphatic heterocycles. The fourth-order valence-electron chi connectivity index (χ4n) is 12.1. The van der Waals surface area contributed by atoms with E-state index in [9.17, 15) is 44.1 Å². The monoisotopic (exact) mass is 1070 g/mol. The van der Waals surface area contributed by atoms with E-state index < -0.39 is 101 Å². The zero-order valence-corrected chi connectivity index (χ0v) is 46.5. The molecule has 1 aromatic carbocycles. The fraction of sp³-hybridized carbons (Fsp3) is 0.632. The number of ketones is 2. The highest BCUT2D eigenvalue weighted by atomic mass is 16.7. The number of hydrogen-bond donors (Lipinski definition) is 5. The van der Waals surface area contributed by atoms with Crippen molar-refractivity contribution in [3.05, 3.63) is 69.8 Å². The summed E-state index contributed by atoms with van der Waals surface area (Å²) in [5.74, 6) is -8.18. The SMILES string of the molecule is CO[C@H]1/C=C/O[C@@]2(C)Oc3c(C)c(O)c4c(c3C2=O)C2=NC3(CCN(CC(C)C)CC3)NC2=C(NC(=O)/C(C)=C\C=C\[C@H](C)[C@H](O)[C@@H](C)[C@@H](O)[C@@H](C)[C@H](OC(=O)CC(=O)N2CCC(N3CCN(C)C(=O)C3)CC2)[C@@H]1C)C4=O. The van der Waals surface area contributed by atoms with Gasteiger partial charge in [0.1, 0.15) is 35.4 Å². The van der Waals surface area contributed by atoms with Crippen LogP contribution < -0.4 is 15.4 Å². The van der Waals surface area contributed by atoms with Crippen LogP contribution in [0.2, 0.25) is 0 Å². The number of methoxy groups -OCH3 is 1. The summed E-state index contributed by atoms with van der Waals surface area (Å²) in [6.07, 6.45) is 5.03. The quantitative estimate of drug-likeness (QED) is 0.193. The number of ether oxygens (including phenoxy) is 4. The van der Waals surface area contributed by atoms with Crippen molar-refractivity contribution in [2.75, 3.05) is 66.5 Å². The van der Waals surface area contributed by atoms with Crippen LogP contribution >= 0.6 is 0 Å². The van der Waals surface area contributed by atoms with Crippen molar-refractivity contribution in [1.29, 1.82) is 0 Å². The first-order valence-electron chi connectivity index (χ1n) is 27.3. The third-order valence-corrected chi connectivity index (χ3v) is 17.0. The van der Waals surface area contributed by atoms with Crippen molar-refractivity contribution in [3.8, 4) is 11.5 Å². The zero-order valence-electron chi connectivity index (χ0n) is 46.5. The fourth-order valence-corrected chi connectivity index (χ4v) is 12.1. The van der Waals surface area contributed by atoms with E-state index in [1.807, 2.05) is 0 Å². The molecule has 9 rings (SSSR count). The number of piperazine rings is 1. The number of carbonyl (C=O) groups excluding carboxylic acids is 6. The Kier molecular flexibility index (Phi) is 17.0. The van der Waals surface area contributed by atoms with E-state index >= 15 is 0 Å². The Morgan fingerprint density at radius 2 is 1.58 bits per heavy atom. The average Bonchev–Trinajstić information content (AvgIpc) is 4.17. The van der Waals surface area contributed by atoms with Crippen molar-refractivity contribution in [1.82, 2.24) is 30.2 Å². The summed E-state index contributed by atoms with van der Waals surface area (Å²) in [5.41, 5.74) is -0.458. The molecule has 0 saturated carbocycles. The number of phenolic OH excluding ortho intramolecular Hbond substituents is 1. The number of aliphatic hydroxyl groups excluding tert-OH is 2. The number of nitrogens with zero attached hydrogens (tertiary/aromatic N) is 5. The Hall–Kier alpha value is -5.93. The third-order valence-electron chi connectivity index (χ3n) is 17.0. The maximum atomic E-state index is 15.0. The molecule has 3 saturated heterocycles. The number of nitrogens with one attached hydrogen (secondary N) is 2. The first-order valence-corrected chi connectivity index (χ1v) is 27.3. The van der Waals surface area contributed by atoms with Crippen molar-refractivity contribution in [2.45, 2.75) is 136 Å². The summed E-state index contributed by atoms with van der Waals surface area (Å²) in [7, 11) is 3.23. The molecule has 20 heteroatoms. The van der Waals surface area contributed by atoms with E-state index in [1.165, 1.54) is 39.4 Å². The van der Waals surface area contributed by atoms with Crippen LogP contribution in [0.15, 0.2) is 52.5 Å². The Balaban J connectivity index is 1.11. The second kappa shape index (κ2) is 22.8. The topological polar surface area (TPSA) is 249 Å². The molecule has 8 aliphatic rings. The van der Waals surface area contributed by atoms with Gasteiger partial charge in [0.05, 0.1) is 53.7 Å². The summed E-state index contributed by atoms with van der Waals surface area (Å²) in [5, 5.41) is 42.0. The van der Waals surface area contributed by atoms with Crippen molar-refractivity contribution in [2.24, 2.45) is 34.6 Å². The number of aliphatic hydroxyl groups is 2. The number of phenols is 1. The first-order chi connectivity index (χ1) is 36.4. The van der Waals surface area contributed by atoms with Gasteiger partial charge in [-0.05, 0) is 38.7 Å². The minimum atomic E-state index is -2.04. The highest BCUT2D eigenvalue weighted by Gasteiger charge is 2.55. The number of amides is 3. The lowest BCUT2D eigenvalue weighted by Gasteiger charge is -2.41. The highest BCUT2D eigenvalue weighted by Crippen LogP contribution is 2.50. The number of fused-ring (bicyclic) bond motifs is 13. The highest BCUT2D eigenvalue weighted by molar-refractivity contribution is 6.34. The summed E-state index contributed by atoms with van der Waals surface area (Å²) in [6.45, 7) is 20.5. The normalized spacial score (nSPS) is 32.2. The molecule has 77 heavy (non-hydrogen) atoms. The molecule has 1 aliphatic carbocycles. The maximum Gasteiger partial charge on any atom is 0.315 e. The number of rotatable bonds is 7. The molecule has 9 atom stereocenters. The van der Waals surface area contributed by atoms with Crippen LogP contribution in [0, 0.1) is 36.5 Å².